The smallest absolute Gasteiger partial charge is 0.224 e. The van der Waals surface area contributed by atoms with Crippen molar-refractivity contribution in [3.05, 3.63) is 53.8 Å². The standard InChI is InChI=1S/C20H26N4O2/c1-17-16-19(22-26-17)21-10-9-20(25)24-14-12-23(13-15-24)11-5-8-18-6-3-2-4-7-18/h2-8,16H,9-15H2,1H3,(H,21,22)/b8-5+. The summed E-state index contributed by atoms with van der Waals surface area (Å²) in [7, 11) is 0. The third kappa shape index (κ3) is 5.46. The van der Waals surface area contributed by atoms with Crippen molar-refractivity contribution in [1.82, 2.24) is 15.0 Å². The molecule has 6 heteroatoms. The molecule has 1 aromatic carbocycles. The maximum absolute atomic E-state index is 12.3. The third-order valence-corrected chi connectivity index (χ3v) is 4.47. The number of carbonyl (C=O) groups excluding carboxylic acids is 1. The molecule has 2 aromatic rings. The lowest BCUT2D eigenvalue weighted by molar-refractivity contribution is -0.132. The molecule has 138 valence electrons. The molecule has 0 bridgehead atoms. The van der Waals surface area contributed by atoms with E-state index in [0.29, 0.717) is 18.8 Å². The molecular weight excluding hydrogens is 328 g/mol. The average Bonchev–Trinajstić information content (AvgIpc) is 3.08. The minimum atomic E-state index is 0.192. The lowest BCUT2D eigenvalue weighted by Gasteiger charge is -2.34. The highest BCUT2D eigenvalue weighted by Crippen LogP contribution is 2.08. The highest BCUT2D eigenvalue weighted by atomic mass is 16.5. The summed E-state index contributed by atoms with van der Waals surface area (Å²) < 4.78 is 4.99. The largest absolute Gasteiger partial charge is 0.367 e. The van der Waals surface area contributed by atoms with Crippen LogP contribution in [0, 0.1) is 6.92 Å². The number of anilines is 1. The molecule has 1 aliphatic heterocycles. The summed E-state index contributed by atoms with van der Waals surface area (Å²) in [5.41, 5.74) is 1.22. The van der Waals surface area contributed by atoms with E-state index in [-0.39, 0.29) is 5.91 Å². The fourth-order valence-electron chi connectivity index (χ4n) is 2.99. The number of aromatic nitrogens is 1. The molecule has 3 rings (SSSR count). The molecule has 0 atom stereocenters. The Hall–Kier alpha value is -2.60. The summed E-state index contributed by atoms with van der Waals surface area (Å²) in [6.07, 6.45) is 4.81. The number of piperazine rings is 1. The lowest BCUT2D eigenvalue weighted by Crippen LogP contribution is -2.48. The van der Waals surface area contributed by atoms with Crippen LogP contribution in [-0.2, 0) is 4.79 Å². The Bertz CT molecular complexity index is 718. The van der Waals surface area contributed by atoms with Crippen LogP contribution >= 0.6 is 0 Å². The molecule has 0 aliphatic carbocycles. The molecule has 1 N–H and O–H groups in total. The van der Waals surface area contributed by atoms with E-state index in [2.05, 4.69) is 39.7 Å². The van der Waals surface area contributed by atoms with Gasteiger partial charge in [0.15, 0.2) is 5.82 Å². The third-order valence-electron chi connectivity index (χ3n) is 4.47. The fourth-order valence-corrected chi connectivity index (χ4v) is 2.99. The second-order valence-corrected chi connectivity index (χ2v) is 6.49. The highest BCUT2D eigenvalue weighted by molar-refractivity contribution is 5.76. The van der Waals surface area contributed by atoms with Gasteiger partial charge in [-0.1, -0.05) is 47.6 Å². The van der Waals surface area contributed by atoms with E-state index in [1.807, 2.05) is 36.1 Å². The first-order valence-corrected chi connectivity index (χ1v) is 9.09. The Balaban J connectivity index is 1.33. The van der Waals surface area contributed by atoms with Crippen molar-refractivity contribution in [2.24, 2.45) is 0 Å². The molecule has 26 heavy (non-hydrogen) atoms. The van der Waals surface area contributed by atoms with Gasteiger partial charge >= 0.3 is 0 Å². The van der Waals surface area contributed by atoms with Crippen LogP contribution < -0.4 is 5.32 Å². The number of rotatable bonds is 7. The second-order valence-electron chi connectivity index (χ2n) is 6.49. The van der Waals surface area contributed by atoms with Gasteiger partial charge < -0.3 is 14.7 Å². The van der Waals surface area contributed by atoms with Gasteiger partial charge in [0, 0.05) is 51.8 Å². The van der Waals surface area contributed by atoms with Crippen LogP contribution in [0.1, 0.15) is 17.7 Å². The van der Waals surface area contributed by atoms with Crippen LogP contribution in [0.15, 0.2) is 47.0 Å². The first-order valence-electron chi connectivity index (χ1n) is 9.09. The van der Waals surface area contributed by atoms with Gasteiger partial charge in [-0.15, -0.1) is 0 Å². The Labute approximate surface area is 154 Å². The normalized spacial score (nSPS) is 15.5. The maximum Gasteiger partial charge on any atom is 0.224 e. The molecule has 1 aromatic heterocycles. The van der Waals surface area contributed by atoms with Crippen molar-refractivity contribution < 1.29 is 9.32 Å². The maximum atomic E-state index is 12.3. The lowest BCUT2D eigenvalue weighted by atomic mass is 10.2. The molecule has 1 aliphatic rings. The van der Waals surface area contributed by atoms with Gasteiger partial charge in [0.1, 0.15) is 5.76 Å². The molecule has 1 saturated heterocycles. The monoisotopic (exact) mass is 354 g/mol. The van der Waals surface area contributed by atoms with Crippen LogP contribution in [0.4, 0.5) is 5.82 Å². The summed E-state index contributed by atoms with van der Waals surface area (Å²) in [6, 6.07) is 12.1. The summed E-state index contributed by atoms with van der Waals surface area (Å²) >= 11 is 0. The summed E-state index contributed by atoms with van der Waals surface area (Å²) in [5.74, 6) is 1.64. The van der Waals surface area contributed by atoms with Gasteiger partial charge in [-0.2, -0.15) is 0 Å². The van der Waals surface area contributed by atoms with Crippen LogP contribution in [0.2, 0.25) is 0 Å². The van der Waals surface area contributed by atoms with Crippen molar-refractivity contribution in [3.63, 3.8) is 0 Å². The zero-order valence-corrected chi connectivity index (χ0v) is 15.2. The van der Waals surface area contributed by atoms with Gasteiger partial charge in [0.2, 0.25) is 5.91 Å². The number of hydrogen-bond acceptors (Lipinski definition) is 5. The van der Waals surface area contributed by atoms with Crippen molar-refractivity contribution in [1.29, 1.82) is 0 Å². The topological polar surface area (TPSA) is 61.6 Å². The van der Waals surface area contributed by atoms with Gasteiger partial charge in [-0.3, -0.25) is 9.69 Å². The first-order chi connectivity index (χ1) is 12.7. The minimum Gasteiger partial charge on any atom is -0.367 e. The zero-order chi connectivity index (χ0) is 18.2. The highest BCUT2D eigenvalue weighted by Gasteiger charge is 2.19. The van der Waals surface area contributed by atoms with Crippen molar-refractivity contribution in [2.75, 3.05) is 44.6 Å². The molecule has 0 radical (unpaired) electrons. The van der Waals surface area contributed by atoms with E-state index in [4.69, 9.17) is 4.52 Å². The number of nitrogens with zero attached hydrogens (tertiary/aromatic N) is 3. The predicted octanol–water partition coefficient (Wildman–Crippen LogP) is 2.64. The summed E-state index contributed by atoms with van der Waals surface area (Å²) in [6.45, 7) is 6.76. The SMILES string of the molecule is Cc1cc(NCCC(=O)N2CCN(C/C=C/c3ccccc3)CC2)no1. The number of amides is 1. The molecule has 0 saturated carbocycles. The molecule has 6 nitrogen and oxygen atoms in total. The summed E-state index contributed by atoms with van der Waals surface area (Å²) in [5, 5.41) is 6.98. The van der Waals surface area contributed by atoms with Crippen LogP contribution in [0.5, 0.6) is 0 Å². The van der Waals surface area contributed by atoms with Crippen molar-refractivity contribution in [3.8, 4) is 0 Å². The molecule has 1 fully saturated rings. The first kappa shape index (κ1) is 18.2. The number of aryl methyl sites for hydroxylation is 1. The molecule has 0 spiro atoms. The van der Waals surface area contributed by atoms with Gasteiger partial charge in [0.25, 0.3) is 0 Å². The van der Waals surface area contributed by atoms with E-state index in [1.54, 1.807) is 0 Å². The molecule has 1 amide bonds. The van der Waals surface area contributed by atoms with E-state index < -0.39 is 0 Å². The van der Waals surface area contributed by atoms with E-state index in [9.17, 15) is 4.79 Å². The summed E-state index contributed by atoms with van der Waals surface area (Å²) in [4.78, 5) is 16.6. The molecule has 2 heterocycles. The Morgan fingerprint density at radius 3 is 2.69 bits per heavy atom. The van der Waals surface area contributed by atoms with Crippen molar-refractivity contribution >= 4 is 17.8 Å². The molecular formula is C20H26N4O2. The predicted molar refractivity (Wildman–Crippen MR) is 103 cm³/mol. The molecule has 0 unspecified atom stereocenters. The van der Waals surface area contributed by atoms with Crippen LogP contribution in [-0.4, -0.2) is 60.1 Å². The Morgan fingerprint density at radius 2 is 2.00 bits per heavy atom. The van der Waals surface area contributed by atoms with Crippen molar-refractivity contribution in [2.45, 2.75) is 13.3 Å². The number of nitrogens with one attached hydrogen (secondary N) is 1. The number of benzene rings is 1. The minimum absolute atomic E-state index is 0.192. The van der Waals surface area contributed by atoms with Gasteiger partial charge in [-0.25, -0.2) is 0 Å². The van der Waals surface area contributed by atoms with E-state index >= 15 is 0 Å². The second kappa shape index (κ2) is 9.20. The van der Waals surface area contributed by atoms with Crippen LogP contribution in [0.25, 0.3) is 6.08 Å². The number of carbonyl (C=O) groups is 1. The average molecular weight is 354 g/mol. The Morgan fingerprint density at radius 1 is 1.23 bits per heavy atom. The fraction of sp³-hybridized carbons (Fsp3) is 0.400. The number of hydrogen-bond donors (Lipinski definition) is 1. The Kier molecular flexibility index (Phi) is 6.44. The van der Waals surface area contributed by atoms with Gasteiger partial charge in [-0.05, 0) is 12.5 Å². The quantitative estimate of drug-likeness (QED) is 0.828. The van der Waals surface area contributed by atoms with E-state index in [0.717, 1.165) is 38.5 Å². The van der Waals surface area contributed by atoms with Crippen LogP contribution in [0.3, 0.4) is 0 Å². The van der Waals surface area contributed by atoms with Gasteiger partial charge in [0.05, 0.1) is 0 Å². The zero-order valence-electron chi connectivity index (χ0n) is 15.2. The van der Waals surface area contributed by atoms with E-state index in [1.165, 1.54) is 5.56 Å².